The minimum atomic E-state index is -0.455. The summed E-state index contributed by atoms with van der Waals surface area (Å²) in [6.45, 7) is 0.167. The van der Waals surface area contributed by atoms with E-state index in [0.717, 1.165) is 22.7 Å². The maximum atomic E-state index is 12.2. The zero-order valence-electron chi connectivity index (χ0n) is 11.3. The molecule has 110 valence electrons. The van der Waals surface area contributed by atoms with Crippen molar-refractivity contribution < 1.29 is 9.53 Å². The predicted octanol–water partition coefficient (Wildman–Crippen LogP) is 3.61. The molecule has 0 saturated carbocycles. The number of aromatic nitrogens is 3. The Morgan fingerprint density at radius 1 is 1.23 bits per heavy atom. The van der Waals surface area contributed by atoms with E-state index in [-0.39, 0.29) is 6.61 Å². The van der Waals surface area contributed by atoms with E-state index in [1.807, 2.05) is 18.2 Å². The lowest BCUT2D eigenvalue weighted by Gasteiger charge is -2.04. The zero-order valence-corrected chi connectivity index (χ0v) is 12.8. The van der Waals surface area contributed by atoms with Gasteiger partial charge in [-0.05, 0) is 41.4 Å². The summed E-state index contributed by atoms with van der Waals surface area (Å²) in [5, 5.41) is 4.62. The molecule has 22 heavy (non-hydrogen) atoms. The van der Waals surface area contributed by atoms with E-state index >= 15 is 0 Å². The number of carbonyl (C=O) groups excluding carboxylic acids is 1. The van der Waals surface area contributed by atoms with Gasteiger partial charge >= 0.3 is 5.97 Å². The van der Waals surface area contributed by atoms with Crippen molar-refractivity contribution in [3.8, 4) is 11.3 Å². The van der Waals surface area contributed by atoms with Gasteiger partial charge in [0.2, 0.25) is 0 Å². The lowest BCUT2D eigenvalue weighted by molar-refractivity contribution is 0.0479. The Hall–Kier alpha value is -2.31. The second-order valence-electron chi connectivity index (χ2n) is 4.39. The minimum Gasteiger partial charge on any atom is -0.457 e. The number of benzene rings is 1. The summed E-state index contributed by atoms with van der Waals surface area (Å²) in [5.41, 5.74) is 2.08. The number of rotatable bonds is 4. The number of esters is 1. The van der Waals surface area contributed by atoms with Gasteiger partial charge in [0.25, 0.3) is 0 Å². The number of nitrogens with zero attached hydrogens (tertiary/aromatic N) is 3. The van der Waals surface area contributed by atoms with Gasteiger partial charge < -0.3 is 4.74 Å². The predicted molar refractivity (Wildman–Crippen MR) is 83.7 cm³/mol. The molecule has 0 saturated heterocycles. The second-order valence-corrected chi connectivity index (χ2v) is 5.59. The molecule has 0 aliphatic heterocycles. The van der Waals surface area contributed by atoms with Crippen LogP contribution in [-0.2, 0) is 11.3 Å². The highest BCUT2D eigenvalue weighted by Crippen LogP contribution is 2.24. The molecule has 1 aromatic carbocycles. The molecule has 0 spiro atoms. The minimum absolute atomic E-state index is 0.167. The van der Waals surface area contributed by atoms with E-state index < -0.39 is 5.97 Å². The summed E-state index contributed by atoms with van der Waals surface area (Å²) in [5.74, 6) is -0.455. The molecule has 5 nitrogen and oxygen atoms in total. The molecule has 0 bridgehead atoms. The summed E-state index contributed by atoms with van der Waals surface area (Å²) in [4.78, 5) is 16.6. The number of halogens is 1. The van der Waals surface area contributed by atoms with Gasteiger partial charge in [-0.25, -0.2) is 4.79 Å². The van der Waals surface area contributed by atoms with E-state index in [9.17, 15) is 4.79 Å². The molecule has 2 aromatic heterocycles. The Kier molecular flexibility index (Phi) is 4.41. The van der Waals surface area contributed by atoms with Crippen LogP contribution in [0.4, 0.5) is 0 Å². The quantitative estimate of drug-likeness (QED) is 0.683. The smallest absolute Gasteiger partial charge is 0.352 e. The van der Waals surface area contributed by atoms with Crippen LogP contribution in [0.3, 0.4) is 0 Å². The van der Waals surface area contributed by atoms with E-state index in [0.29, 0.717) is 15.6 Å². The van der Waals surface area contributed by atoms with Crippen molar-refractivity contribution in [1.82, 2.24) is 14.6 Å². The van der Waals surface area contributed by atoms with Crippen molar-refractivity contribution >= 4 is 29.1 Å². The number of ether oxygens (including phenoxy) is 1. The molecule has 7 heteroatoms. The topological polar surface area (TPSA) is 65.0 Å². The Balaban J connectivity index is 1.73. The van der Waals surface area contributed by atoms with Crippen molar-refractivity contribution in [2.75, 3.05) is 0 Å². The van der Waals surface area contributed by atoms with Crippen LogP contribution in [0.25, 0.3) is 11.3 Å². The second kappa shape index (κ2) is 6.64. The highest BCUT2D eigenvalue weighted by atomic mass is 35.5. The van der Waals surface area contributed by atoms with Crippen molar-refractivity contribution in [1.29, 1.82) is 0 Å². The largest absolute Gasteiger partial charge is 0.457 e. The third-order valence-corrected chi connectivity index (χ3v) is 3.85. The van der Waals surface area contributed by atoms with Crippen molar-refractivity contribution in [3.63, 3.8) is 0 Å². The van der Waals surface area contributed by atoms with Crippen LogP contribution < -0.4 is 0 Å². The summed E-state index contributed by atoms with van der Waals surface area (Å²) in [6, 6.07) is 10.7. The summed E-state index contributed by atoms with van der Waals surface area (Å²) >= 11 is 6.82. The van der Waals surface area contributed by atoms with E-state index in [4.69, 9.17) is 16.3 Å². The lowest BCUT2D eigenvalue weighted by Crippen LogP contribution is -2.05. The Bertz CT molecular complexity index is 775. The molecule has 0 aliphatic rings. The first-order valence-corrected chi connectivity index (χ1v) is 7.53. The first-order valence-electron chi connectivity index (χ1n) is 6.38. The van der Waals surface area contributed by atoms with Crippen LogP contribution in [-0.4, -0.2) is 20.5 Å². The standard InChI is InChI=1S/C15H10ClN3O2S/c16-12-5-3-10(4-6-12)9-21-15(20)14-13(18-19-22-14)11-2-1-7-17-8-11/h1-8H,9H2. The molecule has 0 fully saturated rings. The molecular weight excluding hydrogens is 322 g/mol. The number of carbonyl (C=O) groups is 1. The van der Waals surface area contributed by atoms with Crippen LogP contribution >= 0.6 is 23.1 Å². The Morgan fingerprint density at radius 2 is 2.05 bits per heavy atom. The molecule has 0 N–H and O–H groups in total. The van der Waals surface area contributed by atoms with E-state index in [2.05, 4.69) is 14.6 Å². The fourth-order valence-corrected chi connectivity index (χ4v) is 2.52. The molecule has 3 aromatic rings. The number of hydrogen-bond donors (Lipinski definition) is 0. The SMILES string of the molecule is O=C(OCc1ccc(Cl)cc1)c1snnc1-c1cccnc1. The summed E-state index contributed by atoms with van der Waals surface area (Å²) in [6.07, 6.45) is 3.29. The van der Waals surface area contributed by atoms with Gasteiger partial charge in [0.05, 0.1) is 0 Å². The van der Waals surface area contributed by atoms with Gasteiger partial charge in [0.15, 0.2) is 4.88 Å². The molecular formula is C15H10ClN3O2S. The van der Waals surface area contributed by atoms with Crippen molar-refractivity contribution in [3.05, 3.63) is 64.3 Å². The third kappa shape index (κ3) is 3.29. The Labute approximate surface area is 135 Å². The van der Waals surface area contributed by atoms with Crippen LogP contribution in [0.1, 0.15) is 15.2 Å². The third-order valence-electron chi connectivity index (χ3n) is 2.89. The number of hydrogen-bond acceptors (Lipinski definition) is 6. The van der Waals surface area contributed by atoms with Gasteiger partial charge in [0, 0.05) is 23.0 Å². The van der Waals surface area contributed by atoms with Crippen LogP contribution in [0.5, 0.6) is 0 Å². The molecule has 2 heterocycles. The van der Waals surface area contributed by atoms with Crippen LogP contribution in [0, 0.1) is 0 Å². The number of pyridine rings is 1. The maximum absolute atomic E-state index is 12.2. The summed E-state index contributed by atoms with van der Waals surface area (Å²) in [7, 11) is 0. The summed E-state index contributed by atoms with van der Waals surface area (Å²) < 4.78 is 9.13. The van der Waals surface area contributed by atoms with Gasteiger partial charge in [-0.2, -0.15) is 0 Å². The molecule has 0 atom stereocenters. The van der Waals surface area contributed by atoms with Gasteiger partial charge in [0.1, 0.15) is 12.3 Å². The maximum Gasteiger partial charge on any atom is 0.352 e. The van der Waals surface area contributed by atoms with Gasteiger partial charge in [-0.3, -0.25) is 4.98 Å². The average molecular weight is 332 g/mol. The molecule has 0 unspecified atom stereocenters. The van der Waals surface area contributed by atoms with E-state index in [1.54, 1.807) is 30.6 Å². The molecule has 3 rings (SSSR count). The van der Waals surface area contributed by atoms with Crippen molar-refractivity contribution in [2.45, 2.75) is 6.61 Å². The molecule has 0 radical (unpaired) electrons. The van der Waals surface area contributed by atoms with Crippen LogP contribution in [0.2, 0.25) is 5.02 Å². The van der Waals surface area contributed by atoms with Gasteiger partial charge in [-0.1, -0.05) is 28.2 Å². The van der Waals surface area contributed by atoms with Crippen molar-refractivity contribution in [2.24, 2.45) is 0 Å². The highest BCUT2D eigenvalue weighted by Gasteiger charge is 2.19. The Morgan fingerprint density at radius 3 is 2.77 bits per heavy atom. The monoisotopic (exact) mass is 331 g/mol. The average Bonchev–Trinajstić information content (AvgIpc) is 3.04. The first-order chi connectivity index (χ1) is 10.7. The lowest BCUT2D eigenvalue weighted by atomic mass is 10.2. The zero-order chi connectivity index (χ0) is 15.4. The highest BCUT2D eigenvalue weighted by molar-refractivity contribution is 7.08. The van der Waals surface area contributed by atoms with Crippen LogP contribution in [0.15, 0.2) is 48.8 Å². The van der Waals surface area contributed by atoms with Gasteiger partial charge in [-0.15, -0.1) is 5.10 Å². The first kappa shape index (κ1) is 14.6. The normalized spacial score (nSPS) is 10.4. The molecule has 0 amide bonds. The van der Waals surface area contributed by atoms with E-state index in [1.165, 1.54) is 0 Å². The molecule has 0 aliphatic carbocycles. The fourth-order valence-electron chi connectivity index (χ4n) is 1.81. The fraction of sp³-hybridized carbons (Fsp3) is 0.0667.